The standard InChI is InChI=1S/C11H14FNO.ClH/c12-9-7-8(4-5-11(9)14)10-3-1-2-6-13-10;/h4-5,7,10,13-14H,1-3,6H2;1H/t10-;/m1./s1. The highest BCUT2D eigenvalue weighted by molar-refractivity contribution is 5.85. The molecule has 2 N–H and O–H groups in total. The van der Waals surface area contributed by atoms with Crippen molar-refractivity contribution in [2.24, 2.45) is 0 Å². The molecule has 0 unspecified atom stereocenters. The lowest BCUT2D eigenvalue weighted by Gasteiger charge is -2.23. The summed E-state index contributed by atoms with van der Waals surface area (Å²) in [5, 5.41) is 12.4. The van der Waals surface area contributed by atoms with Crippen molar-refractivity contribution in [1.82, 2.24) is 5.32 Å². The van der Waals surface area contributed by atoms with E-state index in [9.17, 15) is 4.39 Å². The number of hydrogen-bond acceptors (Lipinski definition) is 2. The van der Waals surface area contributed by atoms with Crippen molar-refractivity contribution in [1.29, 1.82) is 0 Å². The third-order valence-electron chi connectivity index (χ3n) is 2.68. The van der Waals surface area contributed by atoms with E-state index in [4.69, 9.17) is 5.11 Å². The van der Waals surface area contributed by atoms with Crippen molar-refractivity contribution in [3.63, 3.8) is 0 Å². The third-order valence-corrected chi connectivity index (χ3v) is 2.68. The van der Waals surface area contributed by atoms with Gasteiger partial charge in [-0.15, -0.1) is 12.4 Å². The molecule has 1 heterocycles. The van der Waals surface area contributed by atoms with Gasteiger partial charge in [0, 0.05) is 6.04 Å². The molecule has 1 aliphatic heterocycles. The number of nitrogens with one attached hydrogen (secondary N) is 1. The van der Waals surface area contributed by atoms with Crippen LogP contribution in [-0.2, 0) is 0 Å². The Kier molecular flexibility index (Phi) is 4.36. The molecule has 1 atom stereocenters. The maximum Gasteiger partial charge on any atom is 0.165 e. The van der Waals surface area contributed by atoms with Crippen molar-refractivity contribution in [3.8, 4) is 5.75 Å². The van der Waals surface area contributed by atoms with Gasteiger partial charge in [-0.3, -0.25) is 0 Å². The van der Waals surface area contributed by atoms with Gasteiger partial charge in [-0.2, -0.15) is 0 Å². The number of phenolic OH excluding ortho intramolecular Hbond substituents is 1. The normalized spacial score (nSPS) is 20.7. The lowest BCUT2D eigenvalue weighted by Crippen LogP contribution is -2.26. The highest BCUT2D eigenvalue weighted by atomic mass is 35.5. The lowest BCUT2D eigenvalue weighted by molar-refractivity contribution is 0.405. The minimum Gasteiger partial charge on any atom is -0.505 e. The van der Waals surface area contributed by atoms with Crippen molar-refractivity contribution >= 4 is 12.4 Å². The Hall–Kier alpha value is -0.800. The second-order valence-corrected chi connectivity index (χ2v) is 3.71. The Morgan fingerprint density at radius 3 is 2.73 bits per heavy atom. The van der Waals surface area contributed by atoms with E-state index in [0.29, 0.717) is 0 Å². The predicted octanol–water partition coefficient (Wildman–Crippen LogP) is 2.77. The molecule has 2 rings (SSSR count). The van der Waals surface area contributed by atoms with Gasteiger partial charge in [0.25, 0.3) is 0 Å². The summed E-state index contributed by atoms with van der Waals surface area (Å²) in [6, 6.07) is 4.86. The maximum absolute atomic E-state index is 13.1. The van der Waals surface area contributed by atoms with Crippen LogP contribution in [0.3, 0.4) is 0 Å². The molecule has 1 aliphatic rings. The molecule has 2 nitrogen and oxygen atoms in total. The quantitative estimate of drug-likeness (QED) is 0.779. The molecule has 0 saturated carbocycles. The van der Waals surface area contributed by atoms with Crippen LogP contribution < -0.4 is 5.32 Å². The van der Waals surface area contributed by atoms with Gasteiger partial charge in [0.2, 0.25) is 0 Å². The Labute approximate surface area is 94.9 Å². The topological polar surface area (TPSA) is 32.3 Å². The predicted molar refractivity (Wildman–Crippen MR) is 59.9 cm³/mol. The largest absolute Gasteiger partial charge is 0.505 e. The zero-order valence-corrected chi connectivity index (χ0v) is 9.19. The first-order valence-electron chi connectivity index (χ1n) is 4.99. The van der Waals surface area contributed by atoms with E-state index < -0.39 is 5.82 Å². The van der Waals surface area contributed by atoms with Crippen LogP contribution in [0.1, 0.15) is 30.9 Å². The third kappa shape index (κ3) is 2.83. The summed E-state index contributed by atoms with van der Waals surface area (Å²) in [6.45, 7) is 0.993. The second-order valence-electron chi connectivity index (χ2n) is 3.71. The van der Waals surface area contributed by atoms with Crippen LogP contribution in [-0.4, -0.2) is 11.7 Å². The Morgan fingerprint density at radius 2 is 2.13 bits per heavy atom. The molecular weight excluding hydrogens is 217 g/mol. The molecule has 0 spiro atoms. The monoisotopic (exact) mass is 231 g/mol. The highest BCUT2D eigenvalue weighted by Gasteiger charge is 2.15. The van der Waals surface area contributed by atoms with Gasteiger partial charge in [0.1, 0.15) is 0 Å². The van der Waals surface area contributed by atoms with Gasteiger partial charge in [-0.05, 0) is 37.1 Å². The van der Waals surface area contributed by atoms with E-state index in [1.54, 1.807) is 6.07 Å². The average Bonchev–Trinajstić information content (AvgIpc) is 2.23. The first kappa shape index (κ1) is 12.3. The number of halogens is 2. The summed E-state index contributed by atoms with van der Waals surface area (Å²) in [5.41, 5.74) is 0.931. The summed E-state index contributed by atoms with van der Waals surface area (Å²) in [4.78, 5) is 0. The molecule has 1 fully saturated rings. The summed E-state index contributed by atoms with van der Waals surface area (Å²) < 4.78 is 13.1. The Bertz CT molecular complexity index is 326. The van der Waals surface area contributed by atoms with E-state index in [1.165, 1.54) is 25.0 Å². The number of rotatable bonds is 1. The minimum absolute atomic E-state index is 0. The molecule has 0 bridgehead atoms. The summed E-state index contributed by atoms with van der Waals surface area (Å²) >= 11 is 0. The van der Waals surface area contributed by atoms with Crippen LogP contribution in [0.15, 0.2) is 18.2 Å². The second kappa shape index (κ2) is 5.33. The first-order valence-corrected chi connectivity index (χ1v) is 4.99. The van der Waals surface area contributed by atoms with Gasteiger partial charge in [-0.25, -0.2) is 4.39 Å². The SMILES string of the molecule is Cl.Oc1ccc([C@H]2CCCCN2)cc1F. The van der Waals surface area contributed by atoms with Gasteiger partial charge in [0.15, 0.2) is 11.6 Å². The summed E-state index contributed by atoms with van der Waals surface area (Å²) in [6.07, 6.45) is 3.42. The summed E-state index contributed by atoms with van der Waals surface area (Å²) in [7, 11) is 0. The highest BCUT2D eigenvalue weighted by Crippen LogP contribution is 2.26. The lowest BCUT2D eigenvalue weighted by atomic mass is 9.97. The van der Waals surface area contributed by atoms with Crippen molar-refractivity contribution in [2.75, 3.05) is 6.54 Å². The minimum atomic E-state index is -0.533. The molecule has 0 aromatic heterocycles. The molecule has 0 radical (unpaired) electrons. The molecule has 0 amide bonds. The fourth-order valence-corrected chi connectivity index (χ4v) is 1.88. The van der Waals surface area contributed by atoms with Gasteiger partial charge in [-0.1, -0.05) is 12.5 Å². The Morgan fingerprint density at radius 1 is 1.33 bits per heavy atom. The molecule has 1 saturated heterocycles. The molecule has 15 heavy (non-hydrogen) atoms. The van der Waals surface area contributed by atoms with Crippen molar-refractivity contribution < 1.29 is 9.50 Å². The molecule has 0 aliphatic carbocycles. The van der Waals surface area contributed by atoms with Crippen LogP contribution in [0, 0.1) is 5.82 Å². The number of aromatic hydroxyl groups is 1. The number of hydrogen-bond donors (Lipinski definition) is 2. The molecule has 1 aromatic rings. The van der Waals surface area contributed by atoms with Crippen LogP contribution in [0.25, 0.3) is 0 Å². The first-order chi connectivity index (χ1) is 6.77. The molecule has 1 aromatic carbocycles. The maximum atomic E-state index is 13.1. The molecular formula is C11H15ClFNO. The van der Waals surface area contributed by atoms with Gasteiger partial charge < -0.3 is 10.4 Å². The van der Waals surface area contributed by atoms with Crippen LogP contribution >= 0.6 is 12.4 Å². The van der Waals surface area contributed by atoms with Crippen LogP contribution in [0.5, 0.6) is 5.75 Å². The van der Waals surface area contributed by atoms with E-state index in [2.05, 4.69) is 5.32 Å². The average molecular weight is 232 g/mol. The molecule has 4 heteroatoms. The van der Waals surface area contributed by atoms with E-state index in [0.717, 1.165) is 18.5 Å². The number of piperidine rings is 1. The van der Waals surface area contributed by atoms with Crippen molar-refractivity contribution in [3.05, 3.63) is 29.6 Å². The van der Waals surface area contributed by atoms with E-state index in [1.807, 2.05) is 0 Å². The van der Waals surface area contributed by atoms with Crippen molar-refractivity contribution in [2.45, 2.75) is 25.3 Å². The zero-order chi connectivity index (χ0) is 9.97. The summed E-state index contributed by atoms with van der Waals surface area (Å²) in [5.74, 6) is -0.806. The fourth-order valence-electron chi connectivity index (χ4n) is 1.88. The van der Waals surface area contributed by atoms with E-state index in [-0.39, 0.29) is 24.2 Å². The van der Waals surface area contributed by atoms with E-state index >= 15 is 0 Å². The Balaban J connectivity index is 0.00000112. The number of benzene rings is 1. The molecule has 84 valence electrons. The van der Waals surface area contributed by atoms with Crippen LogP contribution in [0.4, 0.5) is 4.39 Å². The smallest absolute Gasteiger partial charge is 0.165 e. The van der Waals surface area contributed by atoms with Crippen LogP contribution in [0.2, 0.25) is 0 Å². The number of phenols is 1. The van der Waals surface area contributed by atoms with Gasteiger partial charge in [0.05, 0.1) is 0 Å². The fraction of sp³-hybridized carbons (Fsp3) is 0.455. The zero-order valence-electron chi connectivity index (χ0n) is 8.37. The van der Waals surface area contributed by atoms with Gasteiger partial charge >= 0.3 is 0 Å².